The Kier molecular flexibility index (Phi) is 13.6. The molecule has 312 valence electrons. The lowest BCUT2D eigenvalue weighted by molar-refractivity contribution is -0.154. The average molecular weight is 833 g/mol. The Morgan fingerprint density at radius 2 is 1.59 bits per heavy atom. The van der Waals surface area contributed by atoms with Crippen LogP contribution in [0.3, 0.4) is 0 Å². The van der Waals surface area contributed by atoms with E-state index in [4.69, 9.17) is 18.9 Å². The van der Waals surface area contributed by atoms with Gasteiger partial charge in [0.15, 0.2) is 15.5 Å². The van der Waals surface area contributed by atoms with Gasteiger partial charge in [0.2, 0.25) is 12.7 Å². The fourth-order valence-electron chi connectivity index (χ4n) is 5.68. The summed E-state index contributed by atoms with van der Waals surface area (Å²) in [6.07, 6.45) is 1.02. The second kappa shape index (κ2) is 18.4. The fraction of sp³-hybridized carbons (Fsp3) is 0.317. The molecular weight excluding hydrogens is 788 g/mol. The van der Waals surface area contributed by atoms with E-state index in [1.807, 2.05) is 13.8 Å². The minimum absolute atomic E-state index is 0.00805. The minimum Gasteiger partial charge on any atom is -0.495 e. The number of nitrogens with zero attached hydrogens (tertiary/aromatic N) is 4. The average Bonchev–Trinajstić information content (AvgIpc) is 3.57. The molecule has 59 heavy (non-hydrogen) atoms. The van der Waals surface area contributed by atoms with E-state index in [-0.39, 0.29) is 52.8 Å². The number of carbonyl (C=O) groups excluding carboxylic acids is 4. The van der Waals surface area contributed by atoms with Gasteiger partial charge in [-0.25, -0.2) is 36.6 Å². The van der Waals surface area contributed by atoms with Gasteiger partial charge in [0.25, 0.3) is 5.95 Å². The highest BCUT2D eigenvalue weighted by Crippen LogP contribution is 2.35. The van der Waals surface area contributed by atoms with Crippen LogP contribution in [0.15, 0.2) is 90.0 Å². The maximum absolute atomic E-state index is 13.9. The third-order valence-electron chi connectivity index (χ3n) is 8.37. The molecule has 0 aliphatic carbocycles. The van der Waals surface area contributed by atoms with Gasteiger partial charge in [0.05, 0.1) is 24.1 Å². The first-order valence-corrected chi connectivity index (χ1v) is 20.2. The van der Waals surface area contributed by atoms with Crippen LogP contribution < -0.4 is 20.3 Å². The van der Waals surface area contributed by atoms with Crippen molar-refractivity contribution in [1.82, 2.24) is 19.9 Å². The highest BCUT2D eigenvalue weighted by molar-refractivity contribution is 7.90. The molecule has 0 fully saturated rings. The van der Waals surface area contributed by atoms with Gasteiger partial charge in [0.1, 0.15) is 23.2 Å². The van der Waals surface area contributed by atoms with E-state index >= 15 is 0 Å². The molecule has 0 radical (unpaired) electrons. The number of aromatic nitrogens is 3. The summed E-state index contributed by atoms with van der Waals surface area (Å²) in [5, 5.41) is 9.84. The van der Waals surface area contributed by atoms with E-state index in [0.717, 1.165) is 16.7 Å². The largest absolute Gasteiger partial charge is 0.495 e. The van der Waals surface area contributed by atoms with Crippen molar-refractivity contribution in [2.75, 3.05) is 30.4 Å². The monoisotopic (exact) mass is 832 g/mol. The first-order valence-electron chi connectivity index (χ1n) is 18.3. The van der Waals surface area contributed by atoms with Crippen LogP contribution in [0.4, 0.5) is 31.3 Å². The number of benzene rings is 3. The first kappa shape index (κ1) is 43.6. The number of carbonyl (C=O) groups is 4. The van der Waals surface area contributed by atoms with Crippen molar-refractivity contribution in [2.24, 2.45) is 5.92 Å². The second-order valence-corrected chi connectivity index (χ2v) is 16.8. The summed E-state index contributed by atoms with van der Waals surface area (Å²) < 4.78 is 60.8. The Morgan fingerprint density at radius 3 is 2.22 bits per heavy atom. The molecule has 16 nitrogen and oxygen atoms in total. The zero-order chi connectivity index (χ0) is 43.1. The van der Waals surface area contributed by atoms with E-state index in [1.165, 1.54) is 42.0 Å². The normalized spacial score (nSPS) is 12.1. The van der Waals surface area contributed by atoms with E-state index in [2.05, 4.69) is 20.7 Å². The Balaban J connectivity index is 1.37. The van der Waals surface area contributed by atoms with Gasteiger partial charge in [-0.05, 0) is 92.8 Å². The lowest BCUT2D eigenvalue weighted by Crippen LogP contribution is -2.45. The van der Waals surface area contributed by atoms with E-state index in [1.54, 1.807) is 75.5 Å². The number of hydrogen-bond acceptors (Lipinski definition) is 12. The molecule has 0 bridgehead atoms. The van der Waals surface area contributed by atoms with E-state index in [9.17, 15) is 32.0 Å². The standard InChI is InChI=1S/C41H45FN6O10S/c1-25(2)20-32(44-39(51)58-41(3,4)5)37(50)56-24-57-40(52)48(33-18-17-31(59(7,53)54)22-34(33)55-6)38-45-35-19-12-28(23-47(35)46-38)27-10-15-30(16-11-27)43-36(49)21-26-8-13-29(42)14-9-26/h8-19,22-23,25,32H,20-21,24H2,1-7H3,(H,43,49)(H,44,51). The number of fused-ring (bicyclic) bond motifs is 1. The summed E-state index contributed by atoms with van der Waals surface area (Å²) in [6.45, 7) is 7.86. The van der Waals surface area contributed by atoms with Gasteiger partial charge in [-0.1, -0.05) is 38.1 Å². The summed E-state index contributed by atoms with van der Waals surface area (Å²) in [6, 6.07) is 18.9. The second-order valence-electron chi connectivity index (χ2n) is 14.8. The van der Waals surface area contributed by atoms with Gasteiger partial charge in [-0.2, -0.15) is 4.98 Å². The lowest BCUT2D eigenvalue weighted by Gasteiger charge is -2.24. The molecule has 2 aromatic heterocycles. The third-order valence-corrected chi connectivity index (χ3v) is 9.48. The summed E-state index contributed by atoms with van der Waals surface area (Å²) in [4.78, 5) is 57.3. The molecule has 3 aromatic carbocycles. The molecule has 5 aromatic rings. The number of esters is 1. The third kappa shape index (κ3) is 12.0. The number of amides is 3. The number of hydrogen-bond donors (Lipinski definition) is 2. The summed E-state index contributed by atoms with van der Waals surface area (Å²) >= 11 is 0. The number of anilines is 3. The molecule has 3 amide bonds. The maximum Gasteiger partial charge on any atom is 0.424 e. The van der Waals surface area contributed by atoms with Crippen molar-refractivity contribution in [2.45, 2.75) is 64.0 Å². The van der Waals surface area contributed by atoms with Crippen LogP contribution >= 0.6 is 0 Å². The zero-order valence-corrected chi connectivity index (χ0v) is 34.3. The van der Waals surface area contributed by atoms with Gasteiger partial charge < -0.3 is 29.6 Å². The van der Waals surface area contributed by atoms with Gasteiger partial charge in [0, 0.05) is 29.8 Å². The van der Waals surface area contributed by atoms with Crippen molar-refractivity contribution in [1.29, 1.82) is 0 Å². The first-order chi connectivity index (χ1) is 27.8. The van der Waals surface area contributed by atoms with Crippen LogP contribution in [0.1, 0.15) is 46.6 Å². The van der Waals surface area contributed by atoms with Gasteiger partial charge in [-0.3, -0.25) is 4.79 Å². The van der Waals surface area contributed by atoms with Crippen molar-refractivity contribution < 1.29 is 50.9 Å². The molecule has 2 N–H and O–H groups in total. The highest BCUT2D eigenvalue weighted by Gasteiger charge is 2.30. The number of alkyl carbamates (subject to hydrolysis) is 1. The van der Waals surface area contributed by atoms with Crippen LogP contribution in [0, 0.1) is 11.7 Å². The topological polar surface area (TPSA) is 197 Å². The molecule has 0 saturated heterocycles. The van der Waals surface area contributed by atoms with Crippen LogP contribution in [0.5, 0.6) is 5.75 Å². The maximum atomic E-state index is 13.9. The number of pyridine rings is 1. The predicted octanol–water partition coefficient (Wildman–Crippen LogP) is 6.84. The molecule has 18 heteroatoms. The lowest BCUT2D eigenvalue weighted by atomic mass is 10.0. The van der Waals surface area contributed by atoms with E-state index < -0.39 is 46.4 Å². The molecule has 0 spiro atoms. The quantitative estimate of drug-likeness (QED) is 0.0874. The molecule has 5 rings (SSSR count). The van der Waals surface area contributed by atoms with Crippen molar-refractivity contribution in [3.8, 4) is 16.9 Å². The Hall–Kier alpha value is -6.56. The number of sulfone groups is 1. The van der Waals surface area contributed by atoms with Crippen LogP contribution in [0.25, 0.3) is 16.8 Å². The molecule has 1 unspecified atom stereocenters. The molecule has 1 atom stereocenters. The Bertz CT molecular complexity index is 2430. The minimum atomic E-state index is -3.68. The molecule has 0 aliphatic heterocycles. The van der Waals surface area contributed by atoms with Crippen LogP contribution in [0.2, 0.25) is 0 Å². The number of methoxy groups -OCH3 is 1. The predicted molar refractivity (Wildman–Crippen MR) is 215 cm³/mol. The van der Waals surface area contributed by atoms with E-state index in [0.29, 0.717) is 22.5 Å². The molecule has 0 aliphatic rings. The smallest absolute Gasteiger partial charge is 0.424 e. The number of ether oxygens (including phenoxy) is 4. The van der Waals surface area contributed by atoms with Crippen molar-refractivity contribution in [3.63, 3.8) is 0 Å². The number of halogens is 1. The Morgan fingerprint density at radius 1 is 0.915 bits per heavy atom. The Labute approximate surface area is 340 Å². The number of nitrogens with one attached hydrogen (secondary N) is 2. The van der Waals surface area contributed by atoms with Crippen LogP contribution in [-0.2, 0) is 40.1 Å². The zero-order valence-electron chi connectivity index (χ0n) is 33.5. The summed E-state index contributed by atoms with van der Waals surface area (Å²) in [5.74, 6) is -1.80. The van der Waals surface area contributed by atoms with Gasteiger partial charge >= 0.3 is 18.2 Å². The number of rotatable bonds is 14. The molecular formula is C41H45FN6O10S. The molecule has 2 heterocycles. The van der Waals surface area contributed by atoms with Gasteiger partial charge in [-0.15, -0.1) is 5.10 Å². The SMILES string of the molecule is COc1cc(S(C)(=O)=O)ccc1N(C(=O)OCOC(=O)C(CC(C)C)NC(=O)OC(C)(C)C)c1nc2ccc(-c3ccc(NC(=O)Cc4ccc(F)cc4)cc3)cn2n1. The van der Waals surface area contributed by atoms with Crippen LogP contribution in [-0.4, -0.2) is 78.9 Å². The van der Waals surface area contributed by atoms with Crippen molar-refractivity contribution in [3.05, 3.63) is 96.4 Å². The summed E-state index contributed by atoms with van der Waals surface area (Å²) in [5.41, 5.74) is 2.18. The molecule has 0 saturated carbocycles. The fourth-order valence-corrected chi connectivity index (χ4v) is 6.31. The summed E-state index contributed by atoms with van der Waals surface area (Å²) in [7, 11) is -2.39. The highest BCUT2D eigenvalue weighted by atomic mass is 32.2. The van der Waals surface area contributed by atoms with Crippen molar-refractivity contribution >= 4 is 56.9 Å².